The Hall–Kier alpha value is -2.64. The highest BCUT2D eigenvalue weighted by Crippen LogP contribution is 2.22. The number of aliphatic hydroxyl groups is 5. The van der Waals surface area contributed by atoms with Gasteiger partial charge >= 0.3 is 5.97 Å². The van der Waals surface area contributed by atoms with Crippen molar-refractivity contribution in [2.45, 2.75) is 269 Å². The number of aliphatic hydroxyl groups excluding tert-OH is 5. The van der Waals surface area contributed by atoms with Crippen molar-refractivity contribution in [3.05, 3.63) is 60.8 Å². The number of rotatable bonds is 46. The summed E-state index contributed by atoms with van der Waals surface area (Å²) in [5.41, 5.74) is 0. The number of nitrogens with one attached hydrogen (secondary N) is 1. The largest absolute Gasteiger partial charge is 0.466 e. The molecule has 0 bridgehead atoms. The van der Waals surface area contributed by atoms with E-state index in [-0.39, 0.29) is 24.9 Å². The van der Waals surface area contributed by atoms with Crippen LogP contribution in [-0.4, -0.2) is 100 Å². The van der Waals surface area contributed by atoms with Crippen LogP contribution >= 0.6 is 0 Å². The lowest BCUT2D eigenvalue weighted by atomic mass is 9.99. The molecule has 0 radical (unpaired) electrons. The van der Waals surface area contributed by atoms with Gasteiger partial charge in [0, 0.05) is 12.8 Å². The normalized spacial score (nSPS) is 19.9. The van der Waals surface area contributed by atoms with E-state index in [0.717, 1.165) is 64.2 Å². The van der Waals surface area contributed by atoms with Crippen molar-refractivity contribution in [1.82, 2.24) is 5.32 Å². The van der Waals surface area contributed by atoms with Crippen LogP contribution in [0.25, 0.3) is 0 Å². The summed E-state index contributed by atoms with van der Waals surface area (Å²) in [6.07, 6.45) is 49.1. The number of carbonyl (C=O) groups excluding carboxylic acids is 2. The molecule has 394 valence electrons. The highest BCUT2D eigenvalue weighted by molar-refractivity contribution is 5.76. The molecular weight excluding hydrogens is 859 g/mol. The topological polar surface area (TPSA) is 175 Å². The fourth-order valence-electron chi connectivity index (χ4n) is 8.14. The Labute approximate surface area is 414 Å². The Morgan fingerprint density at radius 2 is 1.01 bits per heavy atom. The van der Waals surface area contributed by atoms with E-state index in [0.29, 0.717) is 25.9 Å². The predicted molar refractivity (Wildman–Crippen MR) is 278 cm³/mol. The first kappa shape index (κ1) is 63.4. The van der Waals surface area contributed by atoms with Gasteiger partial charge in [0.05, 0.1) is 32.0 Å². The molecule has 1 aliphatic heterocycles. The van der Waals surface area contributed by atoms with Crippen molar-refractivity contribution in [3.8, 4) is 0 Å². The Kier molecular flexibility index (Phi) is 43.5. The molecule has 7 unspecified atom stereocenters. The minimum atomic E-state index is -1.59. The first-order chi connectivity index (χ1) is 33.2. The Balaban J connectivity index is 2.13. The summed E-state index contributed by atoms with van der Waals surface area (Å²) in [6, 6.07) is -0.871. The number of hydrogen-bond acceptors (Lipinski definition) is 10. The highest BCUT2D eigenvalue weighted by atomic mass is 16.7. The summed E-state index contributed by atoms with van der Waals surface area (Å²) in [5, 5.41) is 54.0. The van der Waals surface area contributed by atoms with Gasteiger partial charge in [-0.1, -0.05) is 184 Å². The van der Waals surface area contributed by atoms with E-state index in [1.54, 1.807) is 6.08 Å². The smallest absolute Gasteiger partial charge is 0.305 e. The summed E-state index contributed by atoms with van der Waals surface area (Å²) in [5.74, 6) is -0.322. The average Bonchev–Trinajstić information content (AvgIpc) is 3.33. The number of carbonyl (C=O) groups is 2. The minimum absolute atomic E-state index is 0.0446. The van der Waals surface area contributed by atoms with Gasteiger partial charge in [0.15, 0.2) is 6.29 Å². The third kappa shape index (κ3) is 36.3. The van der Waals surface area contributed by atoms with Gasteiger partial charge < -0.3 is 45.1 Å². The van der Waals surface area contributed by atoms with E-state index in [4.69, 9.17) is 14.2 Å². The Morgan fingerprint density at radius 1 is 0.544 bits per heavy atom. The molecule has 68 heavy (non-hydrogen) atoms. The lowest BCUT2D eigenvalue weighted by Gasteiger charge is -2.40. The van der Waals surface area contributed by atoms with Gasteiger partial charge in [-0.25, -0.2) is 0 Å². The lowest BCUT2D eigenvalue weighted by molar-refractivity contribution is -0.302. The Morgan fingerprint density at radius 3 is 1.60 bits per heavy atom. The summed E-state index contributed by atoms with van der Waals surface area (Å²) >= 11 is 0. The van der Waals surface area contributed by atoms with E-state index < -0.39 is 49.5 Å². The fraction of sp³-hybridized carbons (Fsp3) is 0.789. The quantitative estimate of drug-likeness (QED) is 0.0196. The van der Waals surface area contributed by atoms with Crippen LogP contribution in [0.5, 0.6) is 0 Å². The van der Waals surface area contributed by atoms with Crippen molar-refractivity contribution in [3.63, 3.8) is 0 Å². The molecule has 1 heterocycles. The number of ether oxygens (including phenoxy) is 3. The highest BCUT2D eigenvalue weighted by Gasteiger charge is 2.44. The summed E-state index contributed by atoms with van der Waals surface area (Å²) < 4.78 is 16.6. The molecular formula is C57H101NO10. The summed E-state index contributed by atoms with van der Waals surface area (Å²) in [6.45, 7) is 4.16. The second kappa shape index (κ2) is 46.7. The standard InChI is InChI=1S/C57H101NO10/c1-3-5-7-9-11-13-14-15-16-17-18-19-22-25-29-33-37-41-45-53(62)66-46-42-38-34-30-26-23-20-21-24-28-32-36-40-44-52(61)58-49(50(60)43-39-35-31-27-12-10-8-6-4-2)48-67-57-56(65)55(64)54(63)51(47-59)68-57/h12,16-17,21,24,27,32,36,39,43,49-51,54-57,59-60,63-65H,3-11,13-15,18-20,22-23,25-26,28-31,33-35,37-38,40-42,44-48H2,1-2H3,(H,58,61)/b17-16-,24-21-,27-12+,36-32-,43-39+. The molecule has 7 atom stereocenters. The van der Waals surface area contributed by atoms with Gasteiger partial charge in [0.2, 0.25) is 5.91 Å². The second-order valence-electron chi connectivity index (χ2n) is 18.9. The van der Waals surface area contributed by atoms with E-state index >= 15 is 0 Å². The molecule has 0 aromatic rings. The average molecular weight is 960 g/mol. The molecule has 0 aromatic carbocycles. The minimum Gasteiger partial charge on any atom is -0.466 e. The van der Waals surface area contributed by atoms with Gasteiger partial charge in [-0.2, -0.15) is 0 Å². The maximum absolute atomic E-state index is 12.9. The van der Waals surface area contributed by atoms with Crippen LogP contribution in [0.1, 0.15) is 226 Å². The number of hydrogen-bond donors (Lipinski definition) is 6. The zero-order valence-corrected chi connectivity index (χ0v) is 43.0. The molecule has 0 aliphatic carbocycles. The first-order valence-corrected chi connectivity index (χ1v) is 27.6. The molecule has 1 amide bonds. The van der Waals surface area contributed by atoms with Crippen LogP contribution in [0.3, 0.4) is 0 Å². The third-order valence-corrected chi connectivity index (χ3v) is 12.6. The van der Waals surface area contributed by atoms with Crippen molar-refractivity contribution in [2.24, 2.45) is 0 Å². The first-order valence-electron chi connectivity index (χ1n) is 27.6. The van der Waals surface area contributed by atoms with Crippen LogP contribution in [0.4, 0.5) is 0 Å². The molecule has 1 aliphatic rings. The SMILES string of the molecule is CCCCC/C=C/CC/C=C/C(O)C(COC1OC(CO)C(O)C(O)C1O)NC(=O)CC/C=C\C/C=C\CCCCCCCCOC(=O)CCCCCCCCC/C=C\CCCCCCCCC. The third-order valence-electron chi connectivity index (χ3n) is 12.6. The monoisotopic (exact) mass is 960 g/mol. The van der Waals surface area contributed by atoms with E-state index in [1.165, 1.54) is 122 Å². The van der Waals surface area contributed by atoms with E-state index in [2.05, 4.69) is 55.6 Å². The number of unbranched alkanes of at least 4 members (excludes halogenated alkanes) is 24. The van der Waals surface area contributed by atoms with Crippen LogP contribution in [-0.2, 0) is 23.8 Å². The maximum atomic E-state index is 12.9. The predicted octanol–water partition coefficient (Wildman–Crippen LogP) is 11.9. The molecule has 0 saturated carbocycles. The zero-order chi connectivity index (χ0) is 49.6. The van der Waals surface area contributed by atoms with Crippen LogP contribution in [0.15, 0.2) is 60.8 Å². The van der Waals surface area contributed by atoms with Crippen LogP contribution < -0.4 is 5.32 Å². The lowest BCUT2D eigenvalue weighted by Crippen LogP contribution is -2.60. The van der Waals surface area contributed by atoms with Gasteiger partial charge in [0.1, 0.15) is 24.4 Å². The Bertz CT molecular complexity index is 1310. The van der Waals surface area contributed by atoms with Gasteiger partial charge in [-0.3, -0.25) is 9.59 Å². The molecule has 0 aromatic heterocycles. The molecule has 6 N–H and O–H groups in total. The van der Waals surface area contributed by atoms with E-state index in [1.807, 2.05) is 18.2 Å². The van der Waals surface area contributed by atoms with Crippen molar-refractivity contribution in [2.75, 3.05) is 19.8 Å². The van der Waals surface area contributed by atoms with Crippen molar-refractivity contribution in [1.29, 1.82) is 0 Å². The number of allylic oxidation sites excluding steroid dienone is 9. The molecule has 11 heteroatoms. The zero-order valence-electron chi connectivity index (χ0n) is 43.0. The van der Waals surface area contributed by atoms with Crippen LogP contribution in [0, 0.1) is 0 Å². The van der Waals surface area contributed by atoms with Gasteiger partial charge in [-0.05, 0) is 89.9 Å². The second-order valence-corrected chi connectivity index (χ2v) is 18.9. The van der Waals surface area contributed by atoms with Crippen molar-refractivity contribution < 1.29 is 49.3 Å². The van der Waals surface area contributed by atoms with Gasteiger partial charge in [0.25, 0.3) is 0 Å². The van der Waals surface area contributed by atoms with Crippen LogP contribution in [0.2, 0.25) is 0 Å². The number of amides is 1. The fourth-order valence-corrected chi connectivity index (χ4v) is 8.14. The summed E-state index contributed by atoms with van der Waals surface area (Å²) in [7, 11) is 0. The molecule has 1 rings (SSSR count). The molecule has 11 nitrogen and oxygen atoms in total. The number of esters is 1. The van der Waals surface area contributed by atoms with Gasteiger partial charge in [-0.15, -0.1) is 0 Å². The maximum Gasteiger partial charge on any atom is 0.305 e. The molecule has 0 spiro atoms. The summed E-state index contributed by atoms with van der Waals surface area (Å²) in [4.78, 5) is 25.0. The molecule has 1 saturated heterocycles. The van der Waals surface area contributed by atoms with Crippen molar-refractivity contribution >= 4 is 11.9 Å². The van der Waals surface area contributed by atoms with E-state index in [9.17, 15) is 35.1 Å². The molecule has 1 fully saturated rings.